The maximum atomic E-state index is 14.0. The third kappa shape index (κ3) is 4.46. The number of rotatable bonds is 7. The molecular weight excluding hydrogens is 408 g/mol. The smallest absolute Gasteiger partial charge is 0.244 e. The predicted molar refractivity (Wildman–Crippen MR) is 124 cm³/mol. The lowest BCUT2D eigenvalue weighted by Crippen LogP contribution is -2.49. The number of hydrogen-bond donors (Lipinski definition) is 1. The molecule has 0 bridgehead atoms. The Bertz CT molecular complexity index is 1090. The average Bonchev–Trinajstić information content (AvgIpc) is 3.10. The first-order valence-corrected chi connectivity index (χ1v) is 12.6. The van der Waals surface area contributed by atoms with E-state index in [2.05, 4.69) is 23.5 Å². The second kappa shape index (κ2) is 9.37. The molecule has 1 saturated heterocycles. The number of fused-ring (bicyclic) bond motifs is 1. The quantitative estimate of drug-likeness (QED) is 0.703. The molecule has 31 heavy (non-hydrogen) atoms. The SMILES string of the molecule is CCCCN([C@@H]1CCCCNC1=O)S(=O)(=O)c1ccccc1C1=Cc2ccccc2C1. The fourth-order valence-electron chi connectivity index (χ4n) is 4.49. The van der Waals surface area contributed by atoms with Gasteiger partial charge in [-0.2, -0.15) is 4.31 Å². The summed E-state index contributed by atoms with van der Waals surface area (Å²) in [7, 11) is -3.85. The Morgan fingerprint density at radius 1 is 1.06 bits per heavy atom. The van der Waals surface area contributed by atoms with Gasteiger partial charge in [0, 0.05) is 13.1 Å². The molecule has 164 valence electrons. The summed E-state index contributed by atoms with van der Waals surface area (Å²) in [5.74, 6) is -0.179. The van der Waals surface area contributed by atoms with Crippen LogP contribution in [0, 0.1) is 0 Å². The van der Waals surface area contributed by atoms with Crippen LogP contribution in [-0.2, 0) is 21.2 Å². The summed E-state index contributed by atoms with van der Waals surface area (Å²) in [6.45, 7) is 3.00. The van der Waals surface area contributed by atoms with E-state index in [1.54, 1.807) is 12.1 Å². The van der Waals surface area contributed by atoms with E-state index in [1.165, 1.54) is 9.87 Å². The van der Waals surface area contributed by atoms with Crippen molar-refractivity contribution in [2.45, 2.75) is 56.4 Å². The summed E-state index contributed by atoms with van der Waals surface area (Å²) in [5, 5.41) is 2.90. The number of nitrogens with zero attached hydrogens (tertiary/aromatic N) is 1. The van der Waals surface area contributed by atoms with Crippen molar-refractivity contribution in [1.29, 1.82) is 0 Å². The Labute approximate surface area is 185 Å². The lowest BCUT2D eigenvalue weighted by molar-refractivity contribution is -0.124. The predicted octanol–water partition coefficient (Wildman–Crippen LogP) is 4.24. The molecule has 0 saturated carbocycles. The summed E-state index contributed by atoms with van der Waals surface area (Å²) in [6, 6.07) is 14.7. The van der Waals surface area contributed by atoms with Gasteiger partial charge in [0.25, 0.3) is 0 Å². The Morgan fingerprint density at radius 2 is 1.84 bits per heavy atom. The molecule has 1 atom stereocenters. The molecule has 1 aliphatic heterocycles. The lowest BCUT2D eigenvalue weighted by Gasteiger charge is -2.30. The first-order chi connectivity index (χ1) is 15.0. The standard InChI is InChI=1S/C25H30N2O3S/c1-2-3-16-27(23-13-8-9-15-26-25(23)28)31(29,30)24-14-7-6-12-22(24)21-17-19-10-4-5-11-20(19)18-21/h4-7,10-12,14,17,23H,2-3,8-9,13,15-16,18H2,1H3,(H,26,28)/t23-/m1/s1. The van der Waals surface area contributed by atoms with Gasteiger partial charge in [0.2, 0.25) is 15.9 Å². The maximum absolute atomic E-state index is 14.0. The second-order valence-corrected chi connectivity index (χ2v) is 10.2. The highest BCUT2D eigenvalue weighted by atomic mass is 32.2. The summed E-state index contributed by atoms with van der Waals surface area (Å²) in [6.07, 6.45) is 6.65. The molecule has 2 aliphatic rings. The number of sulfonamides is 1. The minimum Gasteiger partial charge on any atom is -0.355 e. The fraction of sp³-hybridized carbons (Fsp3) is 0.400. The normalized spacial score (nSPS) is 19.0. The van der Waals surface area contributed by atoms with Crippen molar-refractivity contribution in [3.8, 4) is 0 Å². The molecule has 0 unspecified atom stereocenters. The third-order valence-corrected chi connectivity index (χ3v) is 8.14. The summed E-state index contributed by atoms with van der Waals surface area (Å²) >= 11 is 0. The van der Waals surface area contributed by atoms with Crippen LogP contribution >= 0.6 is 0 Å². The van der Waals surface area contributed by atoms with Crippen LogP contribution in [0.15, 0.2) is 53.4 Å². The molecule has 1 aliphatic carbocycles. The molecular formula is C25H30N2O3S. The maximum Gasteiger partial charge on any atom is 0.244 e. The summed E-state index contributed by atoms with van der Waals surface area (Å²) in [5.41, 5.74) is 4.07. The molecule has 6 heteroatoms. The van der Waals surface area contributed by atoms with Gasteiger partial charge >= 0.3 is 0 Å². The van der Waals surface area contributed by atoms with Gasteiger partial charge in [-0.3, -0.25) is 4.79 Å². The zero-order valence-corrected chi connectivity index (χ0v) is 18.8. The van der Waals surface area contributed by atoms with Gasteiger partial charge in [-0.1, -0.05) is 61.9 Å². The molecule has 4 rings (SSSR count). The van der Waals surface area contributed by atoms with E-state index in [-0.39, 0.29) is 5.91 Å². The van der Waals surface area contributed by atoms with Gasteiger partial charge in [-0.15, -0.1) is 0 Å². The van der Waals surface area contributed by atoms with E-state index in [9.17, 15) is 13.2 Å². The van der Waals surface area contributed by atoms with Crippen LogP contribution in [-0.4, -0.2) is 37.8 Å². The lowest BCUT2D eigenvalue weighted by atomic mass is 10.0. The van der Waals surface area contributed by atoms with Gasteiger partial charge in [0.1, 0.15) is 6.04 Å². The van der Waals surface area contributed by atoms with Gasteiger partial charge < -0.3 is 5.32 Å². The van der Waals surface area contributed by atoms with Crippen LogP contribution in [0.25, 0.3) is 11.6 Å². The van der Waals surface area contributed by atoms with Crippen molar-refractivity contribution in [3.63, 3.8) is 0 Å². The number of carbonyl (C=O) groups is 1. The summed E-state index contributed by atoms with van der Waals surface area (Å²) in [4.78, 5) is 13.1. The molecule has 1 amide bonds. The number of benzene rings is 2. The van der Waals surface area contributed by atoms with Gasteiger partial charge in [0.05, 0.1) is 4.90 Å². The van der Waals surface area contributed by atoms with Crippen LogP contribution in [0.4, 0.5) is 0 Å². The molecule has 1 N–H and O–H groups in total. The van der Waals surface area contributed by atoms with Crippen molar-refractivity contribution < 1.29 is 13.2 Å². The molecule has 0 spiro atoms. The van der Waals surface area contributed by atoms with Crippen molar-refractivity contribution in [3.05, 3.63) is 65.2 Å². The monoisotopic (exact) mass is 438 g/mol. The van der Waals surface area contributed by atoms with E-state index in [4.69, 9.17) is 0 Å². The van der Waals surface area contributed by atoms with Crippen molar-refractivity contribution in [2.24, 2.45) is 0 Å². The van der Waals surface area contributed by atoms with Crippen LogP contribution in [0.5, 0.6) is 0 Å². The Morgan fingerprint density at radius 3 is 2.65 bits per heavy atom. The van der Waals surface area contributed by atoms with E-state index in [0.717, 1.165) is 42.4 Å². The first-order valence-electron chi connectivity index (χ1n) is 11.2. The second-order valence-electron chi connectivity index (χ2n) is 8.31. The number of amides is 1. The highest BCUT2D eigenvalue weighted by Crippen LogP contribution is 2.36. The Kier molecular flexibility index (Phi) is 6.58. The van der Waals surface area contributed by atoms with Gasteiger partial charge in [-0.05, 0) is 60.4 Å². The van der Waals surface area contributed by atoms with Crippen molar-refractivity contribution in [1.82, 2.24) is 9.62 Å². The minimum atomic E-state index is -3.85. The largest absolute Gasteiger partial charge is 0.355 e. The van der Waals surface area contributed by atoms with Crippen LogP contribution < -0.4 is 5.32 Å². The minimum absolute atomic E-state index is 0.179. The van der Waals surface area contributed by atoms with Crippen molar-refractivity contribution in [2.75, 3.05) is 13.1 Å². The average molecular weight is 439 g/mol. The number of allylic oxidation sites excluding steroid dienone is 1. The third-order valence-electron chi connectivity index (χ3n) is 6.17. The topological polar surface area (TPSA) is 66.5 Å². The first kappa shape index (κ1) is 21.8. The summed E-state index contributed by atoms with van der Waals surface area (Å²) < 4.78 is 29.4. The highest BCUT2D eigenvalue weighted by Gasteiger charge is 2.37. The van der Waals surface area contributed by atoms with Crippen LogP contribution in [0.2, 0.25) is 0 Å². The van der Waals surface area contributed by atoms with Crippen molar-refractivity contribution >= 4 is 27.6 Å². The molecule has 0 aromatic heterocycles. The highest BCUT2D eigenvalue weighted by molar-refractivity contribution is 7.89. The fourth-order valence-corrected chi connectivity index (χ4v) is 6.38. The number of unbranched alkanes of at least 4 members (excludes halogenated alkanes) is 1. The van der Waals surface area contributed by atoms with E-state index < -0.39 is 16.1 Å². The molecule has 5 nitrogen and oxygen atoms in total. The van der Waals surface area contributed by atoms with Crippen LogP contribution in [0.3, 0.4) is 0 Å². The van der Waals surface area contributed by atoms with Gasteiger partial charge in [0.15, 0.2) is 0 Å². The van der Waals surface area contributed by atoms with E-state index >= 15 is 0 Å². The van der Waals surface area contributed by atoms with E-state index in [1.807, 2.05) is 31.2 Å². The molecule has 2 aromatic carbocycles. The number of hydrogen-bond acceptors (Lipinski definition) is 3. The number of carbonyl (C=O) groups excluding carboxylic acids is 1. The molecule has 2 aromatic rings. The van der Waals surface area contributed by atoms with Crippen LogP contribution in [0.1, 0.15) is 55.7 Å². The number of nitrogens with one attached hydrogen (secondary N) is 1. The van der Waals surface area contributed by atoms with Gasteiger partial charge in [-0.25, -0.2) is 8.42 Å². The zero-order chi connectivity index (χ0) is 21.8. The molecule has 0 radical (unpaired) electrons. The molecule has 1 fully saturated rings. The Hall–Kier alpha value is -2.44. The molecule has 1 heterocycles. The zero-order valence-electron chi connectivity index (χ0n) is 18.0. The van der Waals surface area contributed by atoms with E-state index in [0.29, 0.717) is 30.8 Å². The Balaban J connectivity index is 1.74.